The lowest BCUT2D eigenvalue weighted by Gasteiger charge is -2.40. The van der Waals surface area contributed by atoms with Crippen molar-refractivity contribution in [3.8, 4) is 5.06 Å². The topological polar surface area (TPSA) is 107 Å². The van der Waals surface area contributed by atoms with Crippen molar-refractivity contribution in [1.82, 2.24) is 9.62 Å². The van der Waals surface area contributed by atoms with E-state index < -0.39 is 15.6 Å². The molecule has 2 heterocycles. The number of likely N-dealkylation sites (tertiary alicyclic amines) is 1. The number of hydrogen-bond acceptors (Lipinski definition) is 6. The van der Waals surface area contributed by atoms with E-state index in [1.54, 1.807) is 4.90 Å². The first-order chi connectivity index (χ1) is 9.78. The van der Waals surface area contributed by atoms with E-state index in [9.17, 15) is 23.4 Å². The fraction of sp³-hybridized carbons (Fsp3) is 0.583. The predicted octanol–water partition coefficient (Wildman–Crippen LogP) is 0.105. The molecule has 0 atom stereocenters. The van der Waals surface area contributed by atoms with Crippen LogP contribution in [0, 0.1) is 0 Å². The van der Waals surface area contributed by atoms with Gasteiger partial charge in [0.15, 0.2) is 5.06 Å². The van der Waals surface area contributed by atoms with Crippen molar-refractivity contribution in [3.05, 3.63) is 12.1 Å². The highest BCUT2D eigenvalue weighted by Gasteiger charge is 2.39. The summed E-state index contributed by atoms with van der Waals surface area (Å²) in [7, 11) is -3.80. The van der Waals surface area contributed by atoms with Crippen LogP contribution in [0.15, 0.2) is 16.3 Å². The number of rotatable bonds is 4. The van der Waals surface area contributed by atoms with Crippen molar-refractivity contribution in [2.75, 3.05) is 19.7 Å². The molecule has 3 N–H and O–H groups in total. The second kappa shape index (κ2) is 5.91. The molecule has 1 aliphatic heterocycles. The zero-order chi connectivity index (χ0) is 15.7. The van der Waals surface area contributed by atoms with Crippen molar-refractivity contribution >= 4 is 27.3 Å². The fourth-order valence-electron chi connectivity index (χ4n) is 2.33. The summed E-state index contributed by atoms with van der Waals surface area (Å²) in [5.74, 6) is -0.0624. The monoisotopic (exact) mass is 334 g/mol. The second-order valence-corrected chi connectivity index (χ2v) is 8.11. The average Bonchev–Trinajstić information content (AvgIpc) is 2.86. The summed E-state index contributed by atoms with van der Waals surface area (Å²) in [6.45, 7) is 1.92. The number of carbonyl (C=O) groups excluding carboxylic acids is 1. The van der Waals surface area contributed by atoms with Crippen molar-refractivity contribution in [2.45, 2.75) is 29.5 Å². The largest absolute Gasteiger partial charge is 0.499 e. The zero-order valence-corrected chi connectivity index (χ0v) is 13.2. The molecule has 7 nitrogen and oxygen atoms in total. The Balaban J connectivity index is 2.14. The highest BCUT2D eigenvalue weighted by molar-refractivity contribution is 7.91. The van der Waals surface area contributed by atoms with Crippen LogP contribution in [0.4, 0.5) is 0 Å². The molecule has 0 aliphatic carbocycles. The summed E-state index contributed by atoms with van der Waals surface area (Å²) in [6, 6.07) is 2.63. The molecular formula is C12H18N2O5S2. The average molecular weight is 334 g/mol. The molecule has 1 saturated heterocycles. The third kappa shape index (κ3) is 3.54. The highest BCUT2D eigenvalue weighted by Crippen LogP contribution is 2.30. The van der Waals surface area contributed by atoms with E-state index in [0.717, 1.165) is 11.3 Å². The van der Waals surface area contributed by atoms with Gasteiger partial charge in [-0.05, 0) is 25.0 Å². The molecule has 0 radical (unpaired) electrons. The lowest BCUT2D eigenvalue weighted by atomic mass is 9.89. The fourth-order valence-corrected chi connectivity index (χ4v) is 4.82. The lowest BCUT2D eigenvalue weighted by molar-refractivity contribution is -0.130. The van der Waals surface area contributed by atoms with E-state index >= 15 is 0 Å². The minimum absolute atomic E-state index is 0.00169. The third-order valence-electron chi connectivity index (χ3n) is 3.65. The minimum atomic E-state index is -3.80. The summed E-state index contributed by atoms with van der Waals surface area (Å²) in [4.78, 5) is 12.9. The van der Waals surface area contributed by atoms with Gasteiger partial charge in [0.1, 0.15) is 4.21 Å². The number of nitrogens with zero attached hydrogens (tertiary/aromatic N) is 1. The van der Waals surface area contributed by atoms with Gasteiger partial charge in [-0.25, -0.2) is 13.1 Å². The first-order valence-corrected chi connectivity index (χ1v) is 8.77. The summed E-state index contributed by atoms with van der Waals surface area (Å²) in [5.41, 5.74) is -0.968. The standard InChI is InChI=1S/C12H18N2O5S2/c1-9(16)14-6-4-12(8-15,5-7-14)13-21(18,19)11-3-2-10(17)20-11/h2-3,13,15,17H,4-8H2,1H3. The first kappa shape index (κ1) is 16.2. The van der Waals surface area contributed by atoms with Gasteiger partial charge in [-0.3, -0.25) is 4.79 Å². The number of aliphatic hydroxyl groups is 1. The van der Waals surface area contributed by atoms with Gasteiger partial charge in [0, 0.05) is 20.0 Å². The first-order valence-electron chi connectivity index (χ1n) is 6.47. The molecule has 1 aliphatic rings. The van der Waals surface area contributed by atoms with Crippen LogP contribution in [0.1, 0.15) is 19.8 Å². The number of piperidine rings is 1. The smallest absolute Gasteiger partial charge is 0.250 e. The molecule has 0 unspecified atom stereocenters. The molecule has 1 aromatic rings. The van der Waals surface area contributed by atoms with Crippen LogP contribution in [0.2, 0.25) is 0 Å². The Morgan fingerprint density at radius 2 is 2.05 bits per heavy atom. The van der Waals surface area contributed by atoms with Crippen LogP contribution in [0.25, 0.3) is 0 Å². The van der Waals surface area contributed by atoms with Gasteiger partial charge in [-0.1, -0.05) is 11.3 Å². The summed E-state index contributed by atoms with van der Waals surface area (Å²) in [6.07, 6.45) is 0.694. The number of carbonyl (C=O) groups is 1. The van der Waals surface area contributed by atoms with Crippen LogP contribution in [-0.4, -0.2) is 54.7 Å². The number of aromatic hydroxyl groups is 1. The van der Waals surface area contributed by atoms with Crippen LogP contribution in [0.5, 0.6) is 5.06 Å². The van der Waals surface area contributed by atoms with E-state index in [2.05, 4.69) is 4.72 Å². The molecule has 9 heteroatoms. The van der Waals surface area contributed by atoms with Crippen molar-refractivity contribution in [1.29, 1.82) is 0 Å². The molecule has 0 bridgehead atoms. The summed E-state index contributed by atoms with van der Waals surface area (Å²) < 4.78 is 27.1. The predicted molar refractivity (Wildman–Crippen MR) is 77.6 cm³/mol. The number of hydrogen-bond donors (Lipinski definition) is 3. The molecule has 118 valence electrons. The maximum absolute atomic E-state index is 12.3. The van der Waals surface area contributed by atoms with Gasteiger partial charge in [-0.2, -0.15) is 0 Å². The molecule has 21 heavy (non-hydrogen) atoms. The summed E-state index contributed by atoms with van der Waals surface area (Å²) >= 11 is 0.757. The van der Waals surface area contributed by atoms with Gasteiger partial charge in [0.25, 0.3) is 10.0 Å². The van der Waals surface area contributed by atoms with E-state index in [1.807, 2.05) is 0 Å². The maximum atomic E-state index is 12.3. The Morgan fingerprint density at radius 1 is 1.43 bits per heavy atom. The van der Waals surface area contributed by atoms with E-state index in [0.29, 0.717) is 25.9 Å². The Hall–Kier alpha value is -1.16. The minimum Gasteiger partial charge on any atom is -0.499 e. The molecule has 1 fully saturated rings. The normalized spacial score (nSPS) is 18.7. The number of nitrogens with one attached hydrogen (secondary N) is 1. The van der Waals surface area contributed by atoms with Crippen molar-refractivity contribution in [2.24, 2.45) is 0 Å². The molecule has 0 saturated carbocycles. The SMILES string of the molecule is CC(=O)N1CCC(CO)(NS(=O)(=O)c2ccc(O)s2)CC1. The quantitative estimate of drug-likeness (QED) is 0.724. The van der Waals surface area contributed by atoms with Crippen LogP contribution < -0.4 is 4.72 Å². The Kier molecular flexibility index (Phi) is 4.57. The van der Waals surface area contributed by atoms with Gasteiger partial charge in [0.2, 0.25) is 5.91 Å². The van der Waals surface area contributed by atoms with E-state index in [4.69, 9.17) is 0 Å². The number of sulfonamides is 1. The molecule has 1 aromatic heterocycles. The van der Waals surface area contributed by atoms with E-state index in [-0.39, 0.29) is 21.8 Å². The lowest BCUT2D eigenvalue weighted by Crippen LogP contribution is -2.57. The molecular weight excluding hydrogens is 316 g/mol. The molecule has 2 rings (SSSR count). The van der Waals surface area contributed by atoms with Crippen molar-refractivity contribution in [3.63, 3.8) is 0 Å². The highest BCUT2D eigenvalue weighted by atomic mass is 32.2. The second-order valence-electron chi connectivity index (χ2n) is 5.14. The molecule has 0 spiro atoms. The van der Waals surface area contributed by atoms with Gasteiger partial charge in [0.05, 0.1) is 12.1 Å². The number of amides is 1. The number of aliphatic hydroxyl groups excluding tert-OH is 1. The van der Waals surface area contributed by atoms with Crippen LogP contribution in [-0.2, 0) is 14.8 Å². The Morgan fingerprint density at radius 3 is 2.48 bits per heavy atom. The maximum Gasteiger partial charge on any atom is 0.250 e. The number of thiophene rings is 1. The van der Waals surface area contributed by atoms with E-state index in [1.165, 1.54) is 19.1 Å². The summed E-state index contributed by atoms with van der Waals surface area (Å²) in [5, 5.41) is 18.8. The van der Waals surface area contributed by atoms with Crippen molar-refractivity contribution < 1.29 is 23.4 Å². The van der Waals surface area contributed by atoms with Gasteiger partial charge < -0.3 is 15.1 Å². The van der Waals surface area contributed by atoms with Gasteiger partial charge in [-0.15, -0.1) is 0 Å². The van der Waals surface area contributed by atoms with Gasteiger partial charge >= 0.3 is 0 Å². The molecule has 0 aromatic carbocycles. The van der Waals surface area contributed by atoms with Crippen LogP contribution >= 0.6 is 11.3 Å². The third-order valence-corrected chi connectivity index (χ3v) is 6.61. The Labute approximate surface area is 127 Å². The molecule has 1 amide bonds. The zero-order valence-electron chi connectivity index (χ0n) is 11.6. The Bertz CT molecular complexity index is 617. The van der Waals surface area contributed by atoms with Crippen LogP contribution in [0.3, 0.4) is 0 Å².